The van der Waals surface area contributed by atoms with Crippen LogP contribution in [0, 0.1) is 6.92 Å². The molecule has 0 aliphatic rings. The second-order valence-corrected chi connectivity index (χ2v) is 7.76. The van der Waals surface area contributed by atoms with Crippen LogP contribution in [-0.4, -0.2) is 33.5 Å². The molecule has 0 N–H and O–H groups in total. The Hall–Kier alpha value is -4.36. The number of para-hydroxylation sites is 2. The van der Waals surface area contributed by atoms with Crippen molar-refractivity contribution < 1.29 is 59.4 Å². The van der Waals surface area contributed by atoms with Crippen molar-refractivity contribution in [3.8, 4) is 17.2 Å². The van der Waals surface area contributed by atoms with E-state index in [4.69, 9.17) is 14.0 Å². The minimum Gasteiger partial charge on any atom is -0.489 e. The molecule has 14 heteroatoms. The Balaban J connectivity index is 2.14. The molecule has 0 amide bonds. The number of hydrogen-bond acceptors (Lipinski definition) is 7. The van der Waals surface area contributed by atoms with Crippen molar-refractivity contribution >= 4 is 19.3 Å². The van der Waals surface area contributed by atoms with Crippen molar-refractivity contribution in [1.29, 1.82) is 0 Å². The molecule has 0 radical (unpaired) electrons. The molecule has 0 saturated carbocycles. The summed E-state index contributed by atoms with van der Waals surface area (Å²) in [5, 5.41) is 0. The van der Waals surface area contributed by atoms with Crippen molar-refractivity contribution in [2.75, 3.05) is 14.2 Å². The van der Waals surface area contributed by atoms with Gasteiger partial charge in [0.05, 0.1) is 36.5 Å². The zero-order valence-corrected chi connectivity index (χ0v) is 20.5. The summed E-state index contributed by atoms with van der Waals surface area (Å²) in [6, 6.07) is 11.2. The van der Waals surface area contributed by atoms with Gasteiger partial charge in [-0.3, -0.25) is 0 Å². The first-order valence-corrected chi connectivity index (χ1v) is 10.9. The van der Waals surface area contributed by atoms with Crippen molar-refractivity contribution in [2.45, 2.75) is 19.3 Å². The van der Waals surface area contributed by atoms with E-state index in [9.17, 15) is 35.9 Å². The van der Waals surface area contributed by atoms with Gasteiger partial charge in [0, 0.05) is 5.56 Å². The molecule has 0 bridgehead atoms. The number of alkyl halides is 6. The minimum atomic E-state index is -5.16. The summed E-state index contributed by atoms with van der Waals surface area (Å²) < 4.78 is 107. The number of hydrogen-bond donors (Lipinski definition) is 0. The molecule has 0 atom stereocenters. The lowest BCUT2D eigenvalue weighted by molar-refractivity contribution is -0.143. The highest BCUT2D eigenvalue weighted by Gasteiger charge is 2.41. The molecule has 0 aromatic heterocycles. The number of halogens is 6. The van der Waals surface area contributed by atoms with E-state index >= 15 is 0 Å². The number of ether oxygens (including phenoxy) is 2. The fourth-order valence-corrected chi connectivity index (χ4v) is 3.35. The average molecular weight is 556 g/mol. The van der Waals surface area contributed by atoms with E-state index in [1.807, 2.05) is 0 Å². The molecule has 206 valence electrons. The zero-order valence-electron chi connectivity index (χ0n) is 20.5. The van der Waals surface area contributed by atoms with Crippen molar-refractivity contribution in [3.63, 3.8) is 0 Å². The standard InChI is InChI=1S/C25H19BF6O7/c1-14-18(25(30,31)32)12-15(24(27,28)29)13-21(14)39-26(37-19-10-6-4-8-16(19)22(33)35-2)38-20-11-7-5-9-17(20)23(34)36-3/h4-13H,1-3H3. The Morgan fingerprint density at radius 2 is 1.10 bits per heavy atom. The lowest BCUT2D eigenvalue weighted by Gasteiger charge is -2.22. The minimum absolute atomic E-state index is 0.0436. The summed E-state index contributed by atoms with van der Waals surface area (Å²) in [6.45, 7) is 0.903. The summed E-state index contributed by atoms with van der Waals surface area (Å²) in [4.78, 5) is 24.4. The lowest BCUT2D eigenvalue weighted by Crippen LogP contribution is -2.38. The van der Waals surface area contributed by atoms with Crippen molar-refractivity contribution in [2.24, 2.45) is 0 Å². The zero-order chi connectivity index (χ0) is 29.0. The van der Waals surface area contributed by atoms with Crippen LogP contribution in [0.15, 0.2) is 60.7 Å². The second kappa shape index (κ2) is 11.6. The van der Waals surface area contributed by atoms with Gasteiger partial charge in [0.25, 0.3) is 0 Å². The Morgan fingerprint density at radius 1 is 0.667 bits per heavy atom. The maximum atomic E-state index is 13.6. The van der Waals surface area contributed by atoms with E-state index in [2.05, 4.69) is 9.47 Å². The fraction of sp³-hybridized carbons (Fsp3) is 0.200. The molecule has 0 aliphatic carbocycles. The molecule has 0 unspecified atom stereocenters. The third-order valence-electron chi connectivity index (χ3n) is 5.25. The quantitative estimate of drug-likeness (QED) is 0.188. The molecule has 3 aromatic carbocycles. The van der Waals surface area contributed by atoms with E-state index < -0.39 is 54.1 Å². The van der Waals surface area contributed by atoms with Crippen LogP contribution in [-0.2, 0) is 21.8 Å². The van der Waals surface area contributed by atoms with Crippen molar-refractivity contribution in [3.05, 3.63) is 88.5 Å². The molecule has 0 aliphatic heterocycles. The molecule has 39 heavy (non-hydrogen) atoms. The maximum absolute atomic E-state index is 13.6. The lowest BCUT2D eigenvalue weighted by atomic mass is 10.0. The first kappa shape index (κ1) is 29.2. The monoisotopic (exact) mass is 556 g/mol. The molecule has 3 aromatic rings. The normalized spacial score (nSPS) is 11.4. The van der Waals surface area contributed by atoms with Gasteiger partial charge in [0.1, 0.15) is 17.2 Å². The largest absolute Gasteiger partial charge is 0.864 e. The molecule has 3 rings (SSSR count). The number of methoxy groups -OCH3 is 2. The van der Waals surface area contributed by atoms with E-state index in [-0.39, 0.29) is 28.7 Å². The summed E-state index contributed by atoms with van der Waals surface area (Å²) in [5.41, 5.74) is -4.25. The molecular weight excluding hydrogens is 537 g/mol. The van der Waals surface area contributed by atoms with Crippen LogP contribution in [0.25, 0.3) is 0 Å². The topological polar surface area (TPSA) is 80.3 Å². The highest BCUT2D eigenvalue weighted by Crippen LogP contribution is 2.41. The first-order valence-electron chi connectivity index (χ1n) is 10.9. The summed E-state index contributed by atoms with van der Waals surface area (Å²) in [5.74, 6) is -3.10. The highest BCUT2D eigenvalue weighted by atomic mass is 19.4. The number of rotatable bonds is 8. The highest BCUT2D eigenvalue weighted by molar-refractivity contribution is 6.40. The van der Waals surface area contributed by atoms with Gasteiger partial charge < -0.3 is 23.4 Å². The molecule has 0 saturated heterocycles. The second-order valence-electron chi connectivity index (χ2n) is 7.76. The maximum Gasteiger partial charge on any atom is 0.864 e. The van der Waals surface area contributed by atoms with Gasteiger partial charge in [-0.05, 0) is 43.3 Å². The van der Waals surface area contributed by atoms with Gasteiger partial charge in [-0.1, -0.05) is 24.3 Å². The number of esters is 2. The fourth-order valence-electron chi connectivity index (χ4n) is 3.35. The molecular formula is C25H19BF6O7. The predicted octanol–water partition coefficient (Wildman–Crippen LogP) is 6.13. The number of carbonyl (C=O) groups is 2. The van der Waals surface area contributed by atoms with Gasteiger partial charge >= 0.3 is 31.6 Å². The smallest absolute Gasteiger partial charge is 0.489 e. The van der Waals surface area contributed by atoms with E-state index in [1.54, 1.807) is 0 Å². The first-order chi connectivity index (χ1) is 18.3. The summed E-state index contributed by atoms with van der Waals surface area (Å²) >= 11 is 0. The van der Waals surface area contributed by atoms with Crippen LogP contribution in [0.5, 0.6) is 17.2 Å². The van der Waals surface area contributed by atoms with E-state index in [1.165, 1.54) is 48.5 Å². The Morgan fingerprint density at radius 3 is 1.51 bits per heavy atom. The molecule has 7 nitrogen and oxygen atoms in total. The number of benzene rings is 3. The third kappa shape index (κ3) is 6.95. The SMILES string of the molecule is COC(=O)c1ccccc1OB(Oc1ccccc1C(=O)OC)Oc1cc(C(F)(F)F)cc(C(F)(F)F)c1C. The van der Waals surface area contributed by atoms with Crippen LogP contribution >= 0.6 is 0 Å². The predicted molar refractivity (Wildman–Crippen MR) is 124 cm³/mol. The summed E-state index contributed by atoms with van der Waals surface area (Å²) in [7, 11) is 0.0618. The van der Waals surface area contributed by atoms with E-state index in [0.717, 1.165) is 21.1 Å². The average Bonchev–Trinajstić information content (AvgIpc) is 2.88. The molecule has 0 spiro atoms. The molecule has 0 fully saturated rings. The van der Waals surface area contributed by atoms with Crippen LogP contribution in [0.2, 0.25) is 0 Å². The Kier molecular flexibility index (Phi) is 8.67. The van der Waals surface area contributed by atoms with Gasteiger partial charge in [-0.25, -0.2) is 9.59 Å². The number of carbonyl (C=O) groups excluding carboxylic acids is 2. The van der Waals surface area contributed by atoms with Gasteiger partial charge in [-0.2, -0.15) is 26.3 Å². The van der Waals surface area contributed by atoms with Crippen LogP contribution in [0.4, 0.5) is 26.3 Å². The van der Waals surface area contributed by atoms with Crippen LogP contribution in [0.3, 0.4) is 0 Å². The Bertz CT molecular complexity index is 1300. The van der Waals surface area contributed by atoms with Crippen LogP contribution in [0.1, 0.15) is 37.4 Å². The third-order valence-corrected chi connectivity index (χ3v) is 5.25. The molecule has 0 heterocycles. The van der Waals surface area contributed by atoms with Crippen molar-refractivity contribution in [1.82, 2.24) is 0 Å². The van der Waals surface area contributed by atoms with Gasteiger partial charge in [0.2, 0.25) is 0 Å². The van der Waals surface area contributed by atoms with Crippen LogP contribution < -0.4 is 14.0 Å². The van der Waals surface area contributed by atoms with Gasteiger partial charge in [0.15, 0.2) is 0 Å². The van der Waals surface area contributed by atoms with Gasteiger partial charge in [-0.15, -0.1) is 0 Å². The Labute approximate surface area is 218 Å². The summed E-state index contributed by atoms with van der Waals surface area (Å²) in [6.07, 6.45) is -10.3. The van der Waals surface area contributed by atoms with E-state index in [0.29, 0.717) is 6.07 Å².